The van der Waals surface area contributed by atoms with Crippen molar-refractivity contribution in [3.05, 3.63) is 29.6 Å². The summed E-state index contributed by atoms with van der Waals surface area (Å²) in [6.45, 7) is 6.94. The van der Waals surface area contributed by atoms with Gasteiger partial charge in [-0.15, -0.1) is 0 Å². The fourth-order valence-electron chi connectivity index (χ4n) is 2.70. The topological polar surface area (TPSA) is 44.4 Å². The molecule has 1 fully saturated rings. The van der Waals surface area contributed by atoms with E-state index < -0.39 is 0 Å². The van der Waals surface area contributed by atoms with Crippen LogP contribution < -0.4 is 10.6 Å². The summed E-state index contributed by atoms with van der Waals surface area (Å²) >= 11 is 0. The van der Waals surface area contributed by atoms with Gasteiger partial charge in [-0.05, 0) is 50.6 Å². The number of benzene rings is 1. The number of likely N-dealkylation sites (N-methyl/N-ethyl adjacent to an activating group) is 1. The van der Waals surface area contributed by atoms with Crippen LogP contribution in [0, 0.1) is 12.7 Å². The molecule has 0 radical (unpaired) electrons. The first-order chi connectivity index (χ1) is 10.1. The van der Waals surface area contributed by atoms with Gasteiger partial charge >= 0.3 is 0 Å². The number of piperidine rings is 1. The monoisotopic (exact) mass is 293 g/mol. The van der Waals surface area contributed by atoms with Crippen molar-refractivity contribution in [2.75, 3.05) is 31.5 Å². The number of halogens is 1. The van der Waals surface area contributed by atoms with Gasteiger partial charge in [-0.25, -0.2) is 4.39 Å². The van der Waals surface area contributed by atoms with Crippen LogP contribution in [0.3, 0.4) is 0 Å². The number of aryl methyl sites for hydroxylation is 1. The van der Waals surface area contributed by atoms with E-state index in [0.717, 1.165) is 32.5 Å². The third-order valence-corrected chi connectivity index (χ3v) is 4.00. The van der Waals surface area contributed by atoms with E-state index in [2.05, 4.69) is 22.5 Å². The lowest BCUT2D eigenvalue weighted by Crippen LogP contribution is -2.48. The van der Waals surface area contributed by atoms with Gasteiger partial charge in [0.2, 0.25) is 5.91 Å². The molecule has 1 aromatic carbocycles. The third-order valence-electron chi connectivity index (χ3n) is 4.00. The highest BCUT2D eigenvalue weighted by atomic mass is 19.1. The zero-order valence-electron chi connectivity index (χ0n) is 12.8. The number of amides is 1. The molecule has 116 valence electrons. The fourth-order valence-corrected chi connectivity index (χ4v) is 2.70. The molecule has 0 spiro atoms. The number of nitrogens with zero attached hydrogens (tertiary/aromatic N) is 1. The summed E-state index contributed by atoms with van der Waals surface area (Å²) in [4.78, 5) is 14.3. The number of hydrogen-bond donors (Lipinski definition) is 2. The Morgan fingerprint density at radius 1 is 1.52 bits per heavy atom. The summed E-state index contributed by atoms with van der Waals surface area (Å²) in [5.41, 5.74) is 1.09. The van der Waals surface area contributed by atoms with Gasteiger partial charge in [0.1, 0.15) is 5.82 Å². The Bertz CT molecular complexity index is 486. The standard InChI is InChI=1S/C16H24FN3O/c1-3-20(14-5-4-8-18-10-14)11-16(21)19-13-7-6-12(2)15(17)9-13/h6-7,9,14,18H,3-5,8,10-11H2,1-2H3,(H,19,21). The lowest BCUT2D eigenvalue weighted by atomic mass is 10.1. The Morgan fingerprint density at radius 2 is 2.33 bits per heavy atom. The van der Waals surface area contributed by atoms with E-state index in [1.54, 1.807) is 19.1 Å². The predicted octanol–water partition coefficient (Wildman–Crippen LogP) is 2.15. The molecule has 4 nitrogen and oxygen atoms in total. The summed E-state index contributed by atoms with van der Waals surface area (Å²) in [6.07, 6.45) is 2.26. The Hall–Kier alpha value is -1.46. The lowest BCUT2D eigenvalue weighted by Gasteiger charge is -2.33. The highest BCUT2D eigenvalue weighted by Crippen LogP contribution is 2.14. The maximum absolute atomic E-state index is 13.5. The molecule has 0 bridgehead atoms. The van der Waals surface area contributed by atoms with Crippen LogP contribution in [0.1, 0.15) is 25.3 Å². The summed E-state index contributed by atoms with van der Waals surface area (Å²) < 4.78 is 13.5. The molecule has 1 heterocycles. The Labute approximate surface area is 125 Å². The van der Waals surface area contributed by atoms with Crippen LogP contribution in [0.15, 0.2) is 18.2 Å². The highest BCUT2D eigenvalue weighted by molar-refractivity contribution is 5.92. The molecule has 1 aliphatic heterocycles. The van der Waals surface area contributed by atoms with Gasteiger partial charge in [-0.1, -0.05) is 13.0 Å². The molecule has 2 N–H and O–H groups in total. The van der Waals surface area contributed by atoms with E-state index in [9.17, 15) is 9.18 Å². The minimum Gasteiger partial charge on any atom is -0.325 e. The van der Waals surface area contributed by atoms with Crippen LogP contribution in [-0.2, 0) is 4.79 Å². The molecule has 2 rings (SSSR count). The van der Waals surface area contributed by atoms with Gasteiger partial charge in [0.05, 0.1) is 6.54 Å². The van der Waals surface area contributed by atoms with Gasteiger partial charge in [-0.2, -0.15) is 0 Å². The second-order valence-corrected chi connectivity index (χ2v) is 5.58. The van der Waals surface area contributed by atoms with Gasteiger partial charge in [-0.3, -0.25) is 9.69 Å². The molecule has 5 heteroatoms. The van der Waals surface area contributed by atoms with Gasteiger partial charge in [0.15, 0.2) is 0 Å². The zero-order chi connectivity index (χ0) is 15.2. The SMILES string of the molecule is CCN(CC(=O)Nc1ccc(C)c(F)c1)C1CCCNC1. The second kappa shape index (κ2) is 7.52. The van der Waals surface area contributed by atoms with Crippen molar-refractivity contribution < 1.29 is 9.18 Å². The Balaban J connectivity index is 1.91. The molecule has 1 unspecified atom stereocenters. The largest absolute Gasteiger partial charge is 0.325 e. The van der Waals surface area contributed by atoms with Gasteiger partial charge < -0.3 is 10.6 Å². The van der Waals surface area contributed by atoms with Crippen LogP contribution in [0.25, 0.3) is 0 Å². The lowest BCUT2D eigenvalue weighted by molar-refractivity contribution is -0.117. The quantitative estimate of drug-likeness (QED) is 0.874. The minimum absolute atomic E-state index is 0.0920. The molecule has 21 heavy (non-hydrogen) atoms. The van der Waals surface area contributed by atoms with Crippen LogP contribution in [-0.4, -0.2) is 43.0 Å². The predicted molar refractivity (Wildman–Crippen MR) is 82.9 cm³/mol. The van der Waals surface area contributed by atoms with Gasteiger partial charge in [0, 0.05) is 18.3 Å². The first kappa shape index (κ1) is 15.9. The number of anilines is 1. The third kappa shape index (κ3) is 4.51. The fraction of sp³-hybridized carbons (Fsp3) is 0.562. The maximum atomic E-state index is 13.5. The van der Waals surface area contributed by atoms with E-state index in [-0.39, 0.29) is 11.7 Å². The number of rotatable bonds is 5. The average Bonchev–Trinajstić information content (AvgIpc) is 2.49. The molecular weight excluding hydrogens is 269 g/mol. The molecular formula is C16H24FN3O. The molecule has 0 aliphatic carbocycles. The van der Waals surface area contributed by atoms with Crippen LogP contribution in [0.5, 0.6) is 0 Å². The molecule has 1 aromatic rings. The normalized spacial score (nSPS) is 18.8. The van der Waals surface area contributed by atoms with Gasteiger partial charge in [0.25, 0.3) is 0 Å². The van der Waals surface area contributed by atoms with Crippen LogP contribution in [0.4, 0.5) is 10.1 Å². The summed E-state index contributed by atoms with van der Waals surface area (Å²) in [7, 11) is 0. The molecule has 1 aliphatic rings. The van der Waals surface area contributed by atoms with E-state index in [0.29, 0.717) is 23.8 Å². The number of nitrogens with one attached hydrogen (secondary N) is 2. The zero-order valence-corrected chi connectivity index (χ0v) is 12.8. The van der Waals surface area contributed by atoms with Crippen molar-refractivity contribution in [1.82, 2.24) is 10.2 Å². The van der Waals surface area contributed by atoms with Crippen molar-refractivity contribution in [3.8, 4) is 0 Å². The number of carbonyl (C=O) groups excluding carboxylic acids is 1. The van der Waals surface area contributed by atoms with Crippen molar-refractivity contribution in [2.24, 2.45) is 0 Å². The van der Waals surface area contributed by atoms with Crippen molar-refractivity contribution in [3.63, 3.8) is 0 Å². The minimum atomic E-state index is -0.295. The molecule has 0 saturated carbocycles. The maximum Gasteiger partial charge on any atom is 0.238 e. The average molecular weight is 293 g/mol. The van der Waals surface area contributed by atoms with E-state index in [1.807, 2.05) is 0 Å². The van der Waals surface area contributed by atoms with Crippen molar-refractivity contribution >= 4 is 11.6 Å². The van der Waals surface area contributed by atoms with E-state index >= 15 is 0 Å². The second-order valence-electron chi connectivity index (χ2n) is 5.58. The first-order valence-corrected chi connectivity index (χ1v) is 7.61. The van der Waals surface area contributed by atoms with Crippen LogP contribution >= 0.6 is 0 Å². The number of carbonyl (C=O) groups is 1. The molecule has 1 saturated heterocycles. The molecule has 0 aromatic heterocycles. The highest BCUT2D eigenvalue weighted by Gasteiger charge is 2.21. The van der Waals surface area contributed by atoms with Crippen molar-refractivity contribution in [1.29, 1.82) is 0 Å². The first-order valence-electron chi connectivity index (χ1n) is 7.61. The van der Waals surface area contributed by atoms with E-state index in [1.165, 1.54) is 6.07 Å². The Kier molecular flexibility index (Phi) is 5.70. The molecule has 1 atom stereocenters. The van der Waals surface area contributed by atoms with E-state index in [4.69, 9.17) is 0 Å². The number of hydrogen-bond acceptors (Lipinski definition) is 3. The summed E-state index contributed by atoms with van der Waals surface area (Å²) in [6, 6.07) is 5.18. The molecule has 1 amide bonds. The van der Waals surface area contributed by atoms with Crippen molar-refractivity contribution in [2.45, 2.75) is 32.7 Å². The smallest absolute Gasteiger partial charge is 0.238 e. The summed E-state index contributed by atoms with van der Waals surface area (Å²) in [5, 5.41) is 6.14. The van der Waals surface area contributed by atoms with Crippen LogP contribution in [0.2, 0.25) is 0 Å². The Morgan fingerprint density at radius 3 is 2.95 bits per heavy atom. The summed E-state index contributed by atoms with van der Waals surface area (Å²) in [5.74, 6) is -0.387.